The van der Waals surface area contributed by atoms with Gasteiger partial charge in [-0.3, -0.25) is 10.1 Å². The molecular formula is C4H7N2O3. The summed E-state index contributed by atoms with van der Waals surface area (Å²) in [6, 6.07) is -0.926. The summed E-state index contributed by atoms with van der Waals surface area (Å²) in [6.45, 7) is -0.404. The van der Waals surface area contributed by atoms with Gasteiger partial charge in [-0.15, -0.1) is 0 Å². The molecule has 5 nitrogen and oxygen atoms in total. The van der Waals surface area contributed by atoms with E-state index in [0.29, 0.717) is 0 Å². The smallest absolute Gasteiger partial charge is 0.318 e. The zero-order valence-corrected chi connectivity index (χ0v) is 4.63. The van der Waals surface area contributed by atoms with E-state index in [1.807, 2.05) is 0 Å². The van der Waals surface area contributed by atoms with Crippen molar-refractivity contribution in [2.45, 2.75) is 0 Å². The van der Waals surface area contributed by atoms with Crippen LogP contribution in [0.15, 0.2) is 0 Å². The van der Waals surface area contributed by atoms with Crippen LogP contribution in [0.3, 0.4) is 0 Å². The van der Waals surface area contributed by atoms with Crippen molar-refractivity contribution in [3.8, 4) is 0 Å². The van der Waals surface area contributed by atoms with Gasteiger partial charge in [0.15, 0.2) is 0 Å². The second kappa shape index (κ2) is 3.85. The Balaban J connectivity index is 3.39. The van der Waals surface area contributed by atoms with Crippen LogP contribution >= 0.6 is 0 Å². The van der Waals surface area contributed by atoms with E-state index in [0.717, 1.165) is 6.42 Å². The zero-order valence-electron chi connectivity index (χ0n) is 4.63. The Bertz CT molecular complexity index is 123. The van der Waals surface area contributed by atoms with Gasteiger partial charge in [0.2, 0.25) is 5.91 Å². The second-order valence-corrected chi connectivity index (χ2v) is 1.24. The molecule has 0 fully saturated rings. The van der Waals surface area contributed by atoms with Crippen LogP contribution in [0.4, 0.5) is 4.79 Å². The highest BCUT2D eigenvalue weighted by Gasteiger charge is 2.01. The zero-order chi connectivity index (χ0) is 7.28. The van der Waals surface area contributed by atoms with E-state index < -0.39 is 18.5 Å². The first-order valence-corrected chi connectivity index (χ1v) is 2.21. The fourth-order valence-corrected chi connectivity index (χ4v) is 0.255. The number of rotatable bonds is 2. The lowest BCUT2D eigenvalue weighted by Crippen LogP contribution is -2.35. The molecular weight excluding hydrogens is 124 g/mol. The van der Waals surface area contributed by atoms with Gasteiger partial charge in [-0.25, -0.2) is 4.79 Å². The fraction of sp³-hybridized carbons (Fsp3) is 0.250. The van der Waals surface area contributed by atoms with Gasteiger partial charge in [-0.05, 0) is 0 Å². The summed E-state index contributed by atoms with van der Waals surface area (Å²) in [6.07, 6.45) is 0.894. The minimum absolute atomic E-state index is 0.404. The van der Waals surface area contributed by atoms with Crippen LogP contribution in [-0.4, -0.2) is 23.7 Å². The number of carbonyl (C=O) groups is 2. The molecule has 0 aromatic heterocycles. The first-order valence-electron chi connectivity index (χ1n) is 2.21. The number of hydrogen-bond acceptors (Lipinski definition) is 3. The lowest BCUT2D eigenvalue weighted by Gasteiger charge is -1.94. The summed E-state index contributed by atoms with van der Waals surface area (Å²) in [4.78, 5) is 20.1. The number of urea groups is 1. The molecule has 0 spiro atoms. The second-order valence-electron chi connectivity index (χ2n) is 1.24. The highest BCUT2D eigenvalue weighted by atomic mass is 16.3. The Labute approximate surface area is 51.8 Å². The molecule has 0 aliphatic carbocycles. The molecule has 0 rings (SSSR count). The third kappa shape index (κ3) is 4.76. The number of amides is 3. The average Bonchev–Trinajstić information content (AvgIpc) is 1.63. The molecule has 0 unspecified atom stereocenters. The molecule has 0 saturated heterocycles. The van der Waals surface area contributed by atoms with Crippen molar-refractivity contribution in [2.24, 2.45) is 5.73 Å². The molecule has 9 heavy (non-hydrogen) atoms. The normalized spacial score (nSPS) is 8.56. The van der Waals surface area contributed by atoms with Crippen LogP contribution in [-0.2, 0) is 4.79 Å². The van der Waals surface area contributed by atoms with Crippen molar-refractivity contribution in [2.75, 3.05) is 6.61 Å². The SMILES string of the molecule is NC(=O)NC(=O)[CH]CO. The van der Waals surface area contributed by atoms with Gasteiger partial charge in [-0.2, -0.15) is 0 Å². The van der Waals surface area contributed by atoms with Gasteiger partial charge in [0.05, 0.1) is 13.0 Å². The predicted octanol–water partition coefficient (Wildman–Crippen LogP) is -1.62. The van der Waals surface area contributed by atoms with E-state index >= 15 is 0 Å². The number of imide groups is 1. The summed E-state index contributed by atoms with van der Waals surface area (Å²) in [5.74, 6) is -0.690. The number of nitrogens with one attached hydrogen (secondary N) is 1. The molecule has 51 valence electrons. The van der Waals surface area contributed by atoms with Crippen LogP contribution in [0.25, 0.3) is 0 Å². The van der Waals surface area contributed by atoms with E-state index in [9.17, 15) is 9.59 Å². The van der Waals surface area contributed by atoms with Gasteiger partial charge in [0, 0.05) is 0 Å². The molecule has 0 bridgehead atoms. The average molecular weight is 131 g/mol. The topological polar surface area (TPSA) is 92.4 Å². The Morgan fingerprint density at radius 2 is 2.22 bits per heavy atom. The van der Waals surface area contributed by atoms with Gasteiger partial charge in [0.1, 0.15) is 0 Å². The molecule has 0 atom stereocenters. The summed E-state index contributed by atoms with van der Waals surface area (Å²) in [5, 5.41) is 9.81. The number of hydrogen-bond donors (Lipinski definition) is 3. The molecule has 0 aliphatic rings. The summed E-state index contributed by atoms with van der Waals surface area (Å²) in [5.41, 5.74) is 4.55. The summed E-state index contributed by atoms with van der Waals surface area (Å²) in [7, 11) is 0. The van der Waals surface area contributed by atoms with Crippen molar-refractivity contribution in [3.05, 3.63) is 6.42 Å². The van der Waals surface area contributed by atoms with E-state index in [2.05, 4.69) is 5.73 Å². The highest BCUT2D eigenvalue weighted by molar-refractivity contribution is 5.98. The highest BCUT2D eigenvalue weighted by Crippen LogP contribution is 1.71. The third-order valence-corrected chi connectivity index (χ3v) is 0.523. The van der Waals surface area contributed by atoms with Crippen molar-refractivity contribution in [1.82, 2.24) is 5.32 Å². The van der Waals surface area contributed by atoms with Crippen molar-refractivity contribution >= 4 is 11.9 Å². The number of aliphatic hydroxyl groups excluding tert-OH is 1. The van der Waals surface area contributed by atoms with Crippen molar-refractivity contribution in [3.63, 3.8) is 0 Å². The van der Waals surface area contributed by atoms with Gasteiger partial charge < -0.3 is 10.8 Å². The van der Waals surface area contributed by atoms with Gasteiger partial charge in [-0.1, -0.05) is 0 Å². The molecule has 3 amide bonds. The van der Waals surface area contributed by atoms with Crippen LogP contribution in [0.1, 0.15) is 0 Å². The van der Waals surface area contributed by atoms with Crippen LogP contribution in [0.5, 0.6) is 0 Å². The molecule has 4 N–H and O–H groups in total. The van der Waals surface area contributed by atoms with E-state index in [4.69, 9.17) is 5.11 Å². The molecule has 0 aliphatic heterocycles. The lowest BCUT2D eigenvalue weighted by molar-refractivity contribution is -0.117. The van der Waals surface area contributed by atoms with Gasteiger partial charge in [0.25, 0.3) is 0 Å². The van der Waals surface area contributed by atoms with E-state index in [-0.39, 0.29) is 0 Å². The molecule has 1 radical (unpaired) electrons. The van der Waals surface area contributed by atoms with Crippen molar-refractivity contribution < 1.29 is 14.7 Å². The number of aliphatic hydroxyl groups is 1. The first kappa shape index (κ1) is 7.90. The lowest BCUT2D eigenvalue weighted by atomic mass is 10.4. The van der Waals surface area contributed by atoms with E-state index in [1.165, 1.54) is 0 Å². The third-order valence-electron chi connectivity index (χ3n) is 0.523. The monoisotopic (exact) mass is 131 g/mol. The minimum Gasteiger partial charge on any atom is -0.396 e. The molecule has 0 aromatic carbocycles. The first-order chi connectivity index (χ1) is 4.16. The minimum atomic E-state index is -0.926. The standard InChI is InChI=1S/C4H7N2O3/c5-4(9)6-3(8)1-2-7/h1,7H,2H2,(H3,5,6,8,9). The maximum Gasteiger partial charge on any atom is 0.318 e. The predicted molar refractivity (Wildman–Crippen MR) is 29.1 cm³/mol. The molecule has 0 saturated carbocycles. The Morgan fingerprint density at radius 3 is 2.56 bits per heavy atom. The molecule has 0 aromatic rings. The van der Waals surface area contributed by atoms with Crippen LogP contribution in [0, 0.1) is 6.42 Å². The summed E-state index contributed by atoms with van der Waals surface area (Å²) < 4.78 is 0. The van der Waals surface area contributed by atoms with Crippen LogP contribution < -0.4 is 11.1 Å². The Morgan fingerprint density at radius 1 is 1.67 bits per heavy atom. The molecule has 0 heterocycles. The van der Waals surface area contributed by atoms with Crippen LogP contribution in [0.2, 0.25) is 0 Å². The quantitative estimate of drug-likeness (QED) is 0.420. The largest absolute Gasteiger partial charge is 0.396 e. The molecule has 5 heteroatoms. The maximum atomic E-state index is 10.2. The van der Waals surface area contributed by atoms with E-state index in [1.54, 1.807) is 5.32 Å². The fourth-order valence-electron chi connectivity index (χ4n) is 0.255. The Hall–Kier alpha value is -1.10. The maximum absolute atomic E-state index is 10.2. The number of carbonyl (C=O) groups excluding carboxylic acids is 2. The number of primary amides is 1. The van der Waals surface area contributed by atoms with Gasteiger partial charge >= 0.3 is 6.03 Å². The van der Waals surface area contributed by atoms with Crippen molar-refractivity contribution in [1.29, 1.82) is 0 Å². The summed E-state index contributed by atoms with van der Waals surface area (Å²) >= 11 is 0. The number of nitrogens with two attached hydrogens (primary N) is 1. The Kier molecular flexibility index (Phi) is 3.38.